The van der Waals surface area contributed by atoms with Crippen LogP contribution in [0.4, 0.5) is 5.13 Å². The normalized spacial score (nSPS) is 12.8. The number of nitriles is 1. The number of anilines is 1. The van der Waals surface area contributed by atoms with E-state index in [0.29, 0.717) is 10.1 Å². The van der Waals surface area contributed by atoms with Gasteiger partial charge in [-0.25, -0.2) is 0 Å². The minimum Gasteiger partial charge on any atom is -0.353 e. The Morgan fingerprint density at radius 3 is 2.50 bits per heavy atom. The van der Waals surface area contributed by atoms with Gasteiger partial charge in [-0.3, -0.25) is 0 Å². The van der Waals surface area contributed by atoms with Crippen molar-refractivity contribution >= 4 is 16.5 Å². The zero-order valence-corrected chi connectivity index (χ0v) is 13.0. The molecular formula is C15H18N4S. The summed E-state index contributed by atoms with van der Waals surface area (Å²) >= 11 is 1.28. The van der Waals surface area contributed by atoms with Gasteiger partial charge in [0.15, 0.2) is 0 Å². The molecular weight excluding hydrogens is 268 g/mol. The third-order valence-corrected chi connectivity index (χ3v) is 3.91. The average molecular weight is 286 g/mol. The van der Waals surface area contributed by atoms with Crippen LogP contribution in [0.25, 0.3) is 0 Å². The number of nitrogens with one attached hydrogen (secondary N) is 1. The molecule has 2 rings (SSSR count). The number of aryl methyl sites for hydroxylation is 1. The van der Waals surface area contributed by atoms with Crippen LogP contribution in [-0.4, -0.2) is 10.2 Å². The van der Waals surface area contributed by atoms with Gasteiger partial charge in [0.1, 0.15) is 6.07 Å². The van der Waals surface area contributed by atoms with E-state index in [1.807, 2.05) is 18.2 Å². The van der Waals surface area contributed by atoms with Gasteiger partial charge in [0.2, 0.25) is 10.1 Å². The van der Waals surface area contributed by atoms with Gasteiger partial charge < -0.3 is 5.32 Å². The molecule has 0 saturated heterocycles. The summed E-state index contributed by atoms with van der Waals surface area (Å²) < 4.78 is 0. The zero-order chi connectivity index (χ0) is 14.8. The number of hydrogen-bond acceptors (Lipinski definition) is 5. The highest BCUT2D eigenvalue weighted by Gasteiger charge is 2.28. The smallest absolute Gasteiger partial charge is 0.219 e. The zero-order valence-electron chi connectivity index (χ0n) is 12.1. The van der Waals surface area contributed by atoms with E-state index in [-0.39, 0.29) is 11.5 Å². The van der Waals surface area contributed by atoms with Crippen LogP contribution >= 0.6 is 11.3 Å². The highest BCUT2D eigenvalue weighted by atomic mass is 32.1. The molecule has 5 heteroatoms. The monoisotopic (exact) mass is 286 g/mol. The molecule has 4 nitrogen and oxygen atoms in total. The Morgan fingerprint density at radius 2 is 1.95 bits per heavy atom. The minimum atomic E-state index is 0.0184. The van der Waals surface area contributed by atoms with E-state index >= 15 is 0 Å². The van der Waals surface area contributed by atoms with Gasteiger partial charge in [-0.2, -0.15) is 5.26 Å². The van der Waals surface area contributed by atoms with Gasteiger partial charge in [-0.05, 0) is 23.5 Å². The van der Waals surface area contributed by atoms with Gasteiger partial charge in [0, 0.05) is 0 Å². The maximum absolute atomic E-state index is 8.84. The van der Waals surface area contributed by atoms with Crippen LogP contribution in [0.1, 0.15) is 42.9 Å². The number of hydrogen-bond donors (Lipinski definition) is 1. The summed E-state index contributed by atoms with van der Waals surface area (Å²) in [5.41, 5.74) is 2.50. The average Bonchev–Trinajstić information content (AvgIpc) is 2.83. The highest BCUT2D eigenvalue weighted by Crippen LogP contribution is 2.37. The standard InChI is InChI=1S/C15H18N4S/c1-10-7-5-6-8-11(10)13(15(2,3)4)17-14-19-18-12(9-16)20-14/h5-8,13H,1-4H3,(H,17,19). The molecule has 0 radical (unpaired) electrons. The second kappa shape index (κ2) is 5.59. The van der Waals surface area contributed by atoms with Gasteiger partial charge in [0.25, 0.3) is 0 Å². The molecule has 20 heavy (non-hydrogen) atoms. The lowest BCUT2D eigenvalue weighted by atomic mass is 9.81. The van der Waals surface area contributed by atoms with Crippen molar-refractivity contribution in [2.24, 2.45) is 5.41 Å². The number of rotatable bonds is 3. The fourth-order valence-electron chi connectivity index (χ4n) is 2.12. The van der Waals surface area contributed by atoms with Gasteiger partial charge >= 0.3 is 0 Å². The van der Waals surface area contributed by atoms with Crippen LogP contribution in [0.15, 0.2) is 24.3 Å². The second-order valence-electron chi connectivity index (χ2n) is 5.82. The third kappa shape index (κ3) is 3.14. The van der Waals surface area contributed by atoms with Crippen molar-refractivity contribution in [1.82, 2.24) is 10.2 Å². The fourth-order valence-corrected chi connectivity index (χ4v) is 2.69. The van der Waals surface area contributed by atoms with Crippen LogP contribution in [0.2, 0.25) is 0 Å². The molecule has 0 bridgehead atoms. The molecule has 1 aromatic heterocycles. The Balaban J connectivity index is 2.35. The Labute approximate surface area is 123 Å². The SMILES string of the molecule is Cc1ccccc1C(Nc1nnc(C#N)s1)C(C)(C)C. The van der Waals surface area contributed by atoms with E-state index in [4.69, 9.17) is 5.26 Å². The summed E-state index contributed by atoms with van der Waals surface area (Å²) in [5, 5.41) is 21.2. The Morgan fingerprint density at radius 1 is 1.25 bits per heavy atom. The molecule has 0 amide bonds. The maximum Gasteiger partial charge on any atom is 0.219 e. The number of benzene rings is 1. The van der Waals surface area contributed by atoms with E-state index in [0.717, 1.165) is 0 Å². The van der Waals surface area contributed by atoms with Crippen molar-refractivity contribution in [3.8, 4) is 6.07 Å². The highest BCUT2D eigenvalue weighted by molar-refractivity contribution is 7.15. The Kier molecular flexibility index (Phi) is 4.05. The molecule has 1 aromatic carbocycles. The van der Waals surface area contributed by atoms with Gasteiger partial charge in [-0.1, -0.05) is 56.4 Å². The van der Waals surface area contributed by atoms with E-state index < -0.39 is 0 Å². The largest absolute Gasteiger partial charge is 0.353 e. The first kappa shape index (κ1) is 14.5. The van der Waals surface area contributed by atoms with E-state index in [1.165, 1.54) is 22.5 Å². The van der Waals surface area contributed by atoms with E-state index in [9.17, 15) is 0 Å². The predicted molar refractivity (Wildman–Crippen MR) is 81.6 cm³/mol. The molecule has 1 atom stereocenters. The molecule has 1 heterocycles. The Bertz CT molecular complexity index is 634. The van der Waals surface area contributed by atoms with Crippen molar-refractivity contribution in [2.75, 3.05) is 5.32 Å². The topological polar surface area (TPSA) is 61.6 Å². The lowest BCUT2D eigenvalue weighted by Crippen LogP contribution is -2.26. The van der Waals surface area contributed by atoms with Crippen molar-refractivity contribution in [3.05, 3.63) is 40.4 Å². The molecule has 0 aliphatic rings. The molecule has 0 saturated carbocycles. The molecule has 0 aliphatic carbocycles. The quantitative estimate of drug-likeness (QED) is 0.929. The summed E-state index contributed by atoms with van der Waals surface area (Å²) in [6.07, 6.45) is 0. The lowest BCUT2D eigenvalue weighted by molar-refractivity contribution is 0.346. The van der Waals surface area contributed by atoms with Gasteiger partial charge in [-0.15, -0.1) is 10.2 Å². The van der Waals surface area contributed by atoms with E-state index in [1.54, 1.807) is 0 Å². The molecule has 1 N–H and O–H groups in total. The molecule has 0 aliphatic heterocycles. The first-order valence-electron chi connectivity index (χ1n) is 6.47. The molecule has 1 unspecified atom stereocenters. The molecule has 0 spiro atoms. The maximum atomic E-state index is 8.84. The van der Waals surface area contributed by atoms with Crippen molar-refractivity contribution < 1.29 is 0 Å². The molecule has 2 aromatic rings. The van der Waals surface area contributed by atoms with Crippen LogP contribution < -0.4 is 5.32 Å². The summed E-state index contributed by atoms with van der Waals surface area (Å²) in [5.74, 6) is 0. The first-order valence-corrected chi connectivity index (χ1v) is 7.29. The van der Waals surface area contributed by atoms with Crippen LogP contribution in [0, 0.1) is 23.7 Å². The minimum absolute atomic E-state index is 0.0184. The first-order chi connectivity index (χ1) is 9.41. The van der Waals surface area contributed by atoms with Crippen molar-refractivity contribution in [2.45, 2.75) is 33.7 Å². The van der Waals surface area contributed by atoms with Gasteiger partial charge in [0.05, 0.1) is 6.04 Å². The van der Waals surface area contributed by atoms with E-state index in [2.05, 4.69) is 55.3 Å². The molecule has 104 valence electrons. The third-order valence-electron chi connectivity index (χ3n) is 3.15. The van der Waals surface area contributed by atoms with Crippen LogP contribution in [0.3, 0.4) is 0 Å². The predicted octanol–water partition coefficient (Wildman–Crippen LogP) is 3.92. The van der Waals surface area contributed by atoms with Crippen molar-refractivity contribution in [1.29, 1.82) is 5.26 Å². The summed E-state index contributed by atoms with van der Waals surface area (Å²) in [6, 6.07) is 10.5. The fraction of sp³-hybridized carbons (Fsp3) is 0.400. The second-order valence-corrected chi connectivity index (χ2v) is 6.80. The number of nitrogens with zero attached hydrogens (tertiary/aromatic N) is 3. The lowest BCUT2D eigenvalue weighted by Gasteiger charge is -2.32. The summed E-state index contributed by atoms with van der Waals surface area (Å²) in [7, 11) is 0. The molecule has 0 fully saturated rings. The number of aromatic nitrogens is 2. The summed E-state index contributed by atoms with van der Waals surface area (Å²) in [6.45, 7) is 8.66. The van der Waals surface area contributed by atoms with Crippen molar-refractivity contribution in [3.63, 3.8) is 0 Å². The van der Waals surface area contributed by atoms with Crippen LogP contribution in [-0.2, 0) is 0 Å². The summed E-state index contributed by atoms with van der Waals surface area (Å²) in [4.78, 5) is 0. The Hall–Kier alpha value is -1.93. The van der Waals surface area contributed by atoms with Crippen LogP contribution in [0.5, 0.6) is 0 Å².